The van der Waals surface area contributed by atoms with Crippen molar-refractivity contribution in [2.75, 3.05) is 18.9 Å². The quantitative estimate of drug-likeness (QED) is 0.618. The van der Waals surface area contributed by atoms with Crippen molar-refractivity contribution < 1.29 is 18.7 Å². The molecule has 0 saturated carbocycles. The van der Waals surface area contributed by atoms with E-state index in [1.807, 2.05) is 14.0 Å². The summed E-state index contributed by atoms with van der Waals surface area (Å²) >= 11 is 0. The van der Waals surface area contributed by atoms with E-state index in [4.69, 9.17) is 10.5 Å². The summed E-state index contributed by atoms with van der Waals surface area (Å²) in [6.45, 7) is 3.65. The number of carbonyl (C=O) groups is 2. The lowest BCUT2D eigenvalue weighted by molar-refractivity contribution is -0.114. The topological polar surface area (TPSA) is 115 Å². The predicted molar refractivity (Wildman–Crippen MR) is 120 cm³/mol. The number of amides is 2. The van der Waals surface area contributed by atoms with Gasteiger partial charge < -0.3 is 20.7 Å². The molecule has 172 valence electrons. The maximum Gasteiger partial charge on any atom is 0.254 e. The Morgan fingerprint density at radius 2 is 2.09 bits per heavy atom. The Labute approximate surface area is 190 Å². The first-order valence-electron chi connectivity index (χ1n) is 10.4. The highest BCUT2D eigenvalue weighted by atomic mass is 19.1. The number of halogens is 1. The largest absolute Gasteiger partial charge is 0.482 e. The summed E-state index contributed by atoms with van der Waals surface area (Å²) in [4.78, 5) is 31.2. The van der Waals surface area contributed by atoms with E-state index in [2.05, 4.69) is 15.4 Å². The van der Waals surface area contributed by atoms with Crippen LogP contribution in [0, 0.1) is 12.7 Å². The van der Waals surface area contributed by atoms with Crippen molar-refractivity contribution >= 4 is 17.6 Å². The van der Waals surface area contributed by atoms with Gasteiger partial charge in [0.25, 0.3) is 5.91 Å². The van der Waals surface area contributed by atoms with Gasteiger partial charge in [-0.15, -0.1) is 0 Å². The Kier molecular flexibility index (Phi) is 5.86. The Hall–Kier alpha value is -3.79. The first kappa shape index (κ1) is 22.4. The Balaban J connectivity index is 1.95. The van der Waals surface area contributed by atoms with Crippen molar-refractivity contribution in [3.63, 3.8) is 0 Å². The zero-order valence-corrected chi connectivity index (χ0v) is 18.8. The number of benzene rings is 1. The van der Waals surface area contributed by atoms with Gasteiger partial charge in [-0.25, -0.2) is 9.37 Å². The van der Waals surface area contributed by atoms with Gasteiger partial charge in [-0.05, 0) is 38.1 Å². The Morgan fingerprint density at radius 1 is 1.33 bits per heavy atom. The van der Waals surface area contributed by atoms with Gasteiger partial charge in [0, 0.05) is 48.2 Å². The van der Waals surface area contributed by atoms with E-state index in [0.717, 1.165) is 11.3 Å². The van der Waals surface area contributed by atoms with Crippen LogP contribution >= 0.6 is 0 Å². The molecule has 2 bridgehead atoms. The van der Waals surface area contributed by atoms with Crippen LogP contribution in [0.3, 0.4) is 0 Å². The third-order valence-electron chi connectivity index (χ3n) is 5.71. The maximum atomic E-state index is 14.1. The molecular formula is C23H25FN6O3. The minimum absolute atomic E-state index is 0.183. The van der Waals surface area contributed by atoms with Crippen LogP contribution in [-0.4, -0.2) is 45.1 Å². The highest BCUT2D eigenvalue weighted by Crippen LogP contribution is 2.36. The van der Waals surface area contributed by atoms with Crippen molar-refractivity contribution in [2.24, 2.45) is 12.8 Å². The molecule has 1 aliphatic rings. The van der Waals surface area contributed by atoms with E-state index >= 15 is 0 Å². The monoisotopic (exact) mass is 452 g/mol. The molecule has 1 unspecified atom stereocenters. The summed E-state index contributed by atoms with van der Waals surface area (Å²) in [6, 6.07) is 5.73. The van der Waals surface area contributed by atoms with Gasteiger partial charge in [-0.1, -0.05) is 0 Å². The average molecular weight is 452 g/mol. The van der Waals surface area contributed by atoms with Gasteiger partial charge in [0.05, 0.1) is 18.8 Å². The first-order chi connectivity index (χ1) is 15.7. The lowest BCUT2D eigenvalue weighted by Crippen LogP contribution is -2.28. The van der Waals surface area contributed by atoms with Crippen LogP contribution < -0.4 is 15.8 Å². The number of nitrogens with zero attached hydrogens (tertiary/aromatic N) is 4. The fourth-order valence-corrected chi connectivity index (χ4v) is 3.93. The van der Waals surface area contributed by atoms with Crippen LogP contribution in [0.4, 0.5) is 10.2 Å². The van der Waals surface area contributed by atoms with Gasteiger partial charge >= 0.3 is 0 Å². The van der Waals surface area contributed by atoms with Gasteiger partial charge in [0.1, 0.15) is 11.9 Å². The smallest absolute Gasteiger partial charge is 0.254 e. The predicted octanol–water partition coefficient (Wildman–Crippen LogP) is 2.55. The number of anilines is 1. The van der Waals surface area contributed by atoms with Gasteiger partial charge in [-0.2, -0.15) is 5.10 Å². The second-order valence-corrected chi connectivity index (χ2v) is 8.01. The Morgan fingerprint density at radius 3 is 2.82 bits per heavy atom. The van der Waals surface area contributed by atoms with Crippen LogP contribution in [-0.2, 0) is 18.4 Å². The molecule has 2 amide bonds. The lowest BCUT2D eigenvalue weighted by Gasteiger charge is -2.24. The number of fused-ring (bicyclic) bond motifs is 5. The fourth-order valence-electron chi connectivity index (χ4n) is 3.93. The number of aromatic nitrogens is 3. The summed E-state index contributed by atoms with van der Waals surface area (Å²) in [5, 5.41) is 7.22. The number of aryl methyl sites for hydroxylation is 1. The van der Waals surface area contributed by atoms with Crippen molar-refractivity contribution in [3.8, 4) is 16.9 Å². The van der Waals surface area contributed by atoms with E-state index in [1.54, 1.807) is 35.8 Å². The number of nitrogens with two attached hydrogens (primary N) is 1. The van der Waals surface area contributed by atoms with Gasteiger partial charge in [0.2, 0.25) is 5.91 Å². The molecule has 4 rings (SSSR count). The van der Waals surface area contributed by atoms with Gasteiger partial charge in [0.15, 0.2) is 11.6 Å². The number of hydrogen-bond acceptors (Lipinski definition) is 6. The molecule has 0 saturated heterocycles. The standard InChI is InChI=1S/C23H25FN6O3/c1-12-21-14-7-19(22(26-10-14)27-20(31)9-25)33-13(2)17-8-15(24)5-6-16(17)23(32)29(3)11-18(21)28-30(12)4/h5-8,10,13H,9,11,25H2,1-4H3,(H,26,27,31). The van der Waals surface area contributed by atoms with Crippen molar-refractivity contribution in [2.45, 2.75) is 26.5 Å². The number of ether oxygens (including phenoxy) is 1. The molecule has 9 nitrogen and oxygen atoms in total. The van der Waals surface area contributed by atoms with Crippen LogP contribution in [0.25, 0.3) is 11.1 Å². The molecular weight excluding hydrogens is 427 g/mol. The molecule has 1 aromatic carbocycles. The number of rotatable bonds is 2. The van der Waals surface area contributed by atoms with Crippen LogP contribution in [0.1, 0.15) is 40.3 Å². The Bertz CT molecular complexity index is 1260. The molecule has 33 heavy (non-hydrogen) atoms. The number of carbonyl (C=O) groups excluding carboxylic acids is 2. The second kappa shape index (κ2) is 8.62. The minimum atomic E-state index is -0.715. The van der Waals surface area contributed by atoms with Crippen molar-refractivity contribution in [1.29, 1.82) is 0 Å². The third kappa shape index (κ3) is 4.17. The second-order valence-electron chi connectivity index (χ2n) is 8.01. The molecule has 3 heterocycles. The van der Waals surface area contributed by atoms with E-state index in [-0.39, 0.29) is 30.6 Å². The summed E-state index contributed by atoms with van der Waals surface area (Å²) in [6.07, 6.45) is 0.894. The highest BCUT2D eigenvalue weighted by Gasteiger charge is 2.26. The van der Waals surface area contributed by atoms with Crippen molar-refractivity contribution in [1.82, 2.24) is 19.7 Å². The number of hydrogen-bond donors (Lipinski definition) is 2. The SMILES string of the molecule is Cc1c2c(nn1C)CN(C)C(=O)c1ccc(F)cc1C(C)Oc1cc-2cnc1NC(=O)CN. The minimum Gasteiger partial charge on any atom is -0.482 e. The molecule has 1 aliphatic heterocycles. The molecule has 0 aliphatic carbocycles. The molecule has 1 atom stereocenters. The third-order valence-corrected chi connectivity index (χ3v) is 5.71. The van der Waals surface area contributed by atoms with Crippen LogP contribution in [0.2, 0.25) is 0 Å². The zero-order valence-electron chi connectivity index (χ0n) is 18.8. The number of pyridine rings is 1. The number of nitrogens with one attached hydrogen (secondary N) is 1. The molecule has 3 aromatic rings. The maximum absolute atomic E-state index is 14.1. The van der Waals surface area contributed by atoms with Crippen LogP contribution in [0.15, 0.2) is 30.5 Å². The normalized spacial score (nSPS) is 15.6. The summed E-state index contributed by atoms with van der Waals surface area (Å²) in [7, 11) is 3.50. The summed E-state index contributed by atoms with van der Waals surface area (Å²) in [5.74, 6) is -0.753. The van der Waals surface area contributed by atoms with Gasteiger partial charge in [-0.3, -0.25) is 14.3 Å². The van der Waals surface area contributed by atoms with E-state index in [9.17, 15) is 14.0 Å². The summed E-state index contributed by atoms with van der Waals surface area (Å²) in [5.41, 5.74) is 9.22. The average Bonchev–Trinajstić information content (AvgIpc) is 3.06. The highest BCUT2D eigenvalue weighted by molar-refractivity contribution is 5.96. The van der Waals surface area contributed by atoms with Crippen LogP contribution in [0.5, 0.6) is 5.75 Å². The van der Waals surface area contributed by atoms with E-state index in [1.165, 1.54) is 18.2 Å². The van der Waals surface area contributed by atoms with E-state index in [0.29, 0.717) is 22.4 Å². The lowest BCUT2D eigenvalue weighted by atomic mass is 10.00. The molecule has 10 heteroatoms. The molecule has 3 N–H and O–H groups in total. The van der Waals surface area contributed by atoms with E-state index < -0.39 is 17.8 Å². The van der Waals surface area contributed by atoms with Crippen molar-refractivity contribution in [3.05, 3.63) is 58.8 Å². The zero-order chi connectivity index (χ0) is 23.9. The fraction of sp³-hybridized carbons (Fsp3) is 0.304. The molecule has 0 spiro atoms. The summed E-state index contributed by atoms with van der Waals surface area (Å²) < 4.78 is 22.0. The molecule has 0 radical (unpaired) electrons. The first-order valence-corrected chi connectivity index (χ1v) is 10.4. The molecule has 2 aromatic heterocycles. The molecule has 0 fully saturated rings.